The molecule has 2 atom stereocenters. The third-order valence-electron chi connectivity index (χ3n) is 3.29. The van der Waals surface area contributed by atoms with Crippen molar-refractivity contribution in [3.05, 3.63) is 15.1 Å². The highest BCUT2D eigenvalue weighted by atomic mass is 35.5. The van der Waals surface area contributed by atoms with Crippen molar-refractivity contribution in [1.82, 2.24) is 5.32 Å². The van der Waals surface area contributed by atoms with E-state index in [0.717, 1.165) is 6.42 Å². The van der Waals surface area contributed by atoms with Crippen LogP contribution in [0.5, 0.6) is 0 Å². The Morgan fingerprint density at radius 1 is 1.41 bits per heavy atom. The summed E-state index contributed by atoms with van der Waals surface area (Å²) >= 11 is 12.9. The first kappa shape index (κ1) is 13.1. The molecule has 1 saturated carbocycles. The van der Waals surface area contributed by atoms with E-state index in [4.69, 9.17) is 23.2 Å². The molecule has 2 unspecified atom stereocenters. The Balaban J connectivity index is 2.03. The van der Waals surface area contributed by atoms with E-state index in [2.05, 4.69) is 16.6 Å². The summed E-state index contributed by atoms with van der Waals surface area (Å²) < 4.78 is 3.27. The zero-order chi connectivity index (χ0) is 12.4. The fraction of sp³-hybridized carbons (Fsp3) is 0.636. The molecular formula is C11H15Cl2N2OS+. The summed E-state index contributed by atoms with van der Waals surface area (Å²) in [6.07, 6.45) is 4.65. The van der Waals surface area contributed by atoms with Crippen molar-refractivity contribution in [3.63, 3.8) is 0 Å². The monoisotopic (exact) mass is 293 g/mol. The van der Waals surface area contributed by atoms with Crippen LogP contribution in [-0.4, -0.2) is 11.9 Å². The van der Waals surface area contributed by atoms with E-state index < -0.39 is 0 Å². The van der Waals surface area contributed by atoms with Gasteiger partial charge in [0.2, 0.25) is 0 Å². The number of rotatable bonds is 2. The SMILES string of the molecule is CC1CCCCC1NC(=O)c1[nH+]sc(Cl)c1Cl. The lowest BCUT2D eigenvalue weighted by atomic mass is 9.86. The average Bonchev–Trinajstić information content (AvgIpc) is 2.63. The minimum absolute atomic E-state index is 0.156. The average molecular weight is 294 g/mol. The second kappa shape index (κ2) is 5.55. The zero-order valence-electron chi connectivity index (χ0n) is 9.56. The van der Waals surface area contributed by atoms with Crippen LogP contribution in [0.15, 0.2) is 0 Å². The highest BCUT2D eigenvalue weighted by Gasteiger charge is 2.29. The molecule has 0 saturated heterocycles. The van der Waals surface area contributed by atoms with Crippen molar-refractivity contribution < 1.29 is 9.17 Å². The fourth-order valence-electron chi connectivity index (χ4n) is 2.20. The second-order valence-corrected chi connectivity index (χ2v) is 6.31. The van der Waals surface area contributed by atoms with Gasteiger partial charge in [0.15, 0.2) is 20.9 Å². The van der Waals surface area contributed by atoms with E-state index in [1.54, 1.807) is 0 Å². The van der Waals surface area contributed by atoms with Gasteiger partial charge in [0.1, 0.15) is 0 Å². The van der Waals surface area contributed by atoms with Crippen LogP contribution in [0.25, 0.3) is 0 Å². The topological polar surface area (TPSA) is 43.2 Å². The smallest absolute Gasteiger partial charge is 0.319 e. The highest BCUT2D eigenvalue weighted by Crippen LogP contribution is 2.28. The molecule has 1 aromatic heterocycles. The summed E-state index contributed by atoms with van der Waals surface area (Å²) in [5.74, 6) is 0.373. The van der Waals surface area contributed by atoms with Crippen molar-refractivity contribution in [2.75, 3.05) is 0 Å². The summed E-state index contributed by atoms with van der Waals surface area (Å²) in [5.41, 5.74) is 0.374. The van der Waals surface area contributed by atoms with Gasteiger partial charge < -0.3 is 5.32 Å². The van der Waals surface area contributed by atoms with Gasteiger partial charge in [-0.25, -0.2) is 0 Å². The Morgan fingerprint density at radius 2 is 2.12 bits per heavy atom. The van der Waals surface area contributed by atoms with E-state index in [1.807, 2.05) is 0 Å². The van der Waals surface area contributed by atoms with Crippen molar-refractivity contribution in [2.45, 2.75) is 38.6 Å². The summed E-state index contributed by atoms with van der Waals surface area (Å²) in [6.45, 7) is 2.18. The van der Waals surface area contributed by atoms with Gasteiger partial charge in [-0.05, 0) is 18.8 Å². The summed E-state index contributed by atoms with van der Waals surface area (Å²) in [4.78, 5) is 12.0. The van der Waals surface area contributed by atoms with Crippen LogP contribution in [0.3, 0.4) is 0 Å². The molecular weight excluding hydrogens is 279 g/mol. The highest BCUT2D eigenvalue weighted by molar-refractivity contribution is 7.07. The first-order valence-corrected chi connectivity index (χ1v) is 7.33. The molecule has 1 aromatic rings. The summed E-state index contributed by atoms with van der Waals surface area (Å²) in [5, 5.41) is 3.35. The maximum absolute atomic E-state index is 12.0. The molecule has 2 rings (SSSR count). The third kappa shape index (κ3) is 2.92. The number of hydrogen-bond acceptors (Lipinski definition) is 2. The second-order valence-electron chi connectivity index (χ2n) is 4.51. The molecule has 0 radical (unpaired) electrons. The lowest BCUT2D eigenvalue weighted by Crippen LogP contribution is -2.42. The van der Waals surface area contributed by atoms with E-state index in [0.29, 0.717) is 21.0 Å². The van der Waals surface area contributed by atoms with Gasteiger partial charge in [0.05, 0.1) is 0 Å². The minimum atomic E-state index is -0.156. The molecule has 1 aliphatic rings. The van der Waals surface area contributed by atoms with E-state index in [1.165, 1.54) is 30.8 Å². The van der Waals surface area contributed by atoms with Gasteiger partial charge in [-0.3, -0.25) is 4.79 Å². The summed E-state index contributed by atoms with van der Waals surface area (Å²) in [6, 6.07) is 0.249. The third-order valence-corrected chi connectivity index (χ3v) is 4.99. The number of amides is 1. The van der Waals surface area contributed by atoms with Crippen molar-refractivity contribution in [1.29, 1.82) is 0 Å². The Labute approximate surface area is 115 Å². The quantitative estimate of drug-likeness (QED) is 0.894. The van der Waals surface area contributed by atoms with Crippen molar-refractivity contribution >= 4 is 40.6 Å². The Bertz CT molecular complexity index is 422. The van der Waals surface area contributed by atoms with Crippen LogP contribution < -0.4 is 9.69 Å². The molecule has 0 bridgehead atoms. The number of aromatic nitrogens is 1. The number of carbonyl (C=O) groups excluding carboxylic acids is 1. The lowest BCUT2D eigenvalue weighted by molar-refractivity contribution is -0.294. The number of hydrogen-bond donors (Lipinski definition) is 1. The Kier molecular flexibility index (Phi) is 4.28. The van der Waals surface area contributed by atoms with Gasteiger partial charge in [0, 0.05) is 6.04 Å². The van der Waals surface area contributed by atoms with Crippen LogP contribution in [0.1, 0.15) is 43.1 Å². The molecule has 3 nitrogen and oxygen atoms in total. The Hall–Kier alpha value is -0.320. The molecule has 0 spiro atoms. The molecule has 1 heterocycles. The maximum Gasteiger partial charge on any atom is 0.319 e. The fourth-order valence-corrected chi connectivity index (χ4v) is 3.29. The molecule has 17 heavy (non-hydrogen) atoms. The molecule has 2 N–H and O–H groups in total. The largest absolute Gasteiger partial charge is 0.344 e. The Morgan fingerprint density at radius 3 is 2.71 bits per heavy atom. The van der Waals surface area contributed by atoms with Crippen LogP contribution in [0, 0.1) is 5.92 Å². The lowest BCUT2D eigenvalue weighted by Gasteiger charge is -2.28. The molecule has 6 heteroatoms. The van der Waals surface area contributed by atoms with Crippen LogP contribution in [0.2, 0.25) is 9.36 Å². The van der Waals surface area contributed by atoms with E-state index in [-0.39, 0.29) is 11.9 Å². The van der Waals surface area contributed by atoms with Crippen molar-refractivity contribution in [2.24, 2.45) is 5.92 Å². The van der Waals surface area contributed by atoms with Crippen LogP contribution >= 0.6 is 34.7 Å². The van der Waals surface area contributed by atoms with Gasteiger partial charge in [-0.2, -0.15) is 0 Å². The van der Waals surface area contributed by atoms with Gasteiger partial charge in [-0.15, -0.1) is 4.37 Å². The first-order valence-electron chi connectivity index (χ1n) is 5.76. The zero-order valence-corrected chi connectivity index (χ0v) is 11.9. The minimum Gasteiger partial charge on any atom is -0.344 e. The maximum atomic E-state index is 12.0. The predicted octanol–water partition coefficient (Wildman–Crippen LogP) is 3.18. The number of carbonyl (C=O) groups is 1. The molecule has 1 aliphatic carbocycles. The first-order chi connectivity index (χ1) is 8.09. The molecule has 0 aromatic carbocycles. The normalized spacial score (nSPS) is 24.6. The van der Waals surface area contributed by atoms with Crippen molar-refractivity contribution in [3.8, 4) is 0 Å². The standard InChI is InChI=1S/C11H14Cl2N2OS/c1-6-4-2-3-5-7(6)14-11(16)9-8(12)10(13)17-15-9/h6-7H,2-5H2,1H3,(H,14,16)/p+1. The number of halogens is 2. The molecule has 1 amide bonds. The van der Waals surface area contributed by atoms with E-state index in [9.17, 15) is 4.79 Å². The molecule has 94 valence electrons. The van der Waals surface area contributed by atoms with Gasteiger partial charge >= 0.3 is 11.6 Å². The van der Waals surface area contributed by atoms with Gasteiger partial charge in [0.25, 0.3) is 0 Å². The number of H-pyrrole nitrogens is 1. The summed E-state index contributed by atoms with van der Waals surface area (Å²) in [7, 11) is 0. The molecule has 0 aliphatic heterocycles. The van der Waals surface area contributed by atoms with Crippen LogP contribution in [0.4, 0.5) is 0 Å². The number of aromatic amines is 1. The van der Waals surface area contributed by atoms with E-state index >= 15 is 0 Å². The molecule has 1 fully saturated rings. The predicted molar refractivity (Wildman–Crippen MR) is 69.8 cm³/mol. The number of nitrogens with one attached hydrogen (secondary N) is 2. The van der Waals surface area contributed by atoms with Gasteiger partial charge in [-0.1, -0.05) is 43.0 Å². The van der Waals surface area contributed by atoms with Crippen LogP contribution in [-0.2, 0) is 0 Å².